The number of benzene rings is 2. The van der Waals surface area contributed by atoms with Crippen molar-refractivity contribution < 1.29 is 9.53 Å². The number of pyridine rings is 1. The molecule has 35 heavy (non-hydrogen) atoms. The molecule has 1 amide bonds. The SMILES string of the molecule is CN=C/C(=C\N)c1cnc(N)c(C(=O)N[C@H]2CCC[C@@H]2OCc2ccccc2-c2ccccc2)c1. The first-order valence-electron chi connectivity index (χ1n) is 11.8. The number of allylic oxidation sites excluding steroid dienone is 1. The minimum Gasteiger partial charge on any atom is -0.404 e. The van der Waals surface area contributed by atoms with Crippen LogP contribution in [0.3, 0.4) is 0 Å². The quantitative estimate of drug-likeness (QED) is 0.428. The molecule has 0 unspecified atom stereocenters. The van der Waals surface area contributed by atoms with E-state index < -0.39 is 0 Å². The van der Waals surface area contributed by atoms with Gasteiger partial charge in [0.25, 0.3) is 5.91 Å². The highest BCUT2D eigenvalue weighted by atomic mass is 16.5. The minimum absolute atomic E-state index is 0.0770. The zero-order chi connectivity index (χ0) is 24.6. The number of nitrogens with zero attached hydrogens (tertiary/aromatic N) is 2. The second-order valence-corrected chi connectivity index (χ2v) is 8.55. The summed E-state index contributed by atoms with van der Waals surface area (Å²) in [6.45, 7) is 0.474. The van der Waals surface area contributed by atoms with Gasteiger partial charge in [-0.1, -0.05) is 54.6 Å². The van der Waals surface area contributed by atoms with Crippen LogP contribution < -0.4 is 16.8 Å². The molecule has 1 heterocycles. The highest BCUT2D eigenvalue weighted by Crippen LogP contribution is 2.28. The summed E-state index contributed by atoms with van der Waals surface area (Å²) in [5, 5.41) is 3.12. The molecule has 3 aromatic rings. The Bertz CT molecular complexity index is 1220. The first-order chi connectivity index (χ1) is 17.1. The lowest BCUT2D eigenvalue weighted by molar-refractivity contribution is 0.0274. The molecule has 2 atom stereocenters. The Morgan fingerprint density at radius 3 is 2.71 bits per heavy atom. The fourth-order valence-electron chi connectivity index (χ4n) is 4.45. The maximum Gasteiger partial charge on any atom is 0.255 e. The summed E-state index contributed by atoms with van der Waals surface area (Å²) in [4.78, 5) is 21.3. The molecular weight excluding hydrogens is 438 g/mol. The average Bonchev–Trinajstić information content (AvgIpc) is 3.33. The first kappa shape index (κ1) is 24.2. The lowest BCUT2D eigenvalue weighted by Crippen LogP contribution is -2.41. The molecule has 1 aliphatic rings. The predicted octanol–water partition coefficient (Wildman–Crippen LogP) is 4.20. The molecule has 1 aliphatic carbocycles. The summed E-state index contributed by atoms with van der Waals surface area (Å²) in [7, 11) is 1.65. The van der Waals surface area contributed by atoms with Gasteiger partial charge in [-0.05, 0) is 42.0 Å². The average molecular weight is 470 g/mol. The van der Waals surface area contributed by atoms with Crippen molar-refractivity contribution in [1.29, 1.82) is 0 Å². The Balaban J connectivity index is 1.45. The van der Waals surface area contributed by atoms with E-state index in [1.807, 2.05) is 30.3 Å². The van der Waals surface area contributed by atoms with Crippen molar-refractivity contribution in [2.24, 2.45) is 10.7 Å². The lowest BCUT2D eigenvalue weighted by Gasteiger charge is -2.22. The van der Waals surface area contributed by atoms with Crippen LogP contribution in [0, 0.1) is 0 Å². The summed E-state index contributed by atoms with van der Waals surface area (Å²) in [5.74, 6) is -0.102. The third kappa shape index (κ3) is 5.75. The molecule has 1 saturated carbocycles. The molecule has 2 aromatic carbocycles. The maximum atomic E-state index is 13.1. The largest absolute Gasteiger partial charge is 0.404 e. The van der Waals surface area contributed by atoms with Crippen molar-refractivity contribution in [3.05, 3.63) is 89.8 Å². The minimum atomic E-state index is -0.271. The zero-order valence-electron chi connectivity index (χ0n) is 19.9. The number of nitrogens with two attached hydrogens (primary N) is 2. The van der Waals surface area contributed by atoms with Crippen molar-refractivity contribution in [1.82, 2.24) is 10.3 Å². The number of carbonyl (C=O) groups excluding carboxylic acids is 1. The Kier molecular flexibility index (Phi) is 7.90. The third-order valence-corrected chi connectivity index (χ3v) is 6.27. The maximum absolute atomic E-state index is 13.1. The normalized spacial score (nSPS) is 18.1. The molecule has 4 rings (SSSR count). The Morgan fingerprint density at radius 2 is 1.94 bits per heavy atom. The van der Waals surface area contributed by atoms with Gasteiger partial charge in [0, 0.05) is 36.8 Å². The van der Waals surface area contributed by atoms with Gasteiger partial charge in [-0.25, -0.2) is 4.98 Å². The molecule has 0 spiro atoms. The van der Waals surface area contributed by atoms with Gasteiger partial charge in [0.05, 0.1) is 24.3 Å². The van der Waals surface area contributed by atoms with Crippen LogP contribution in [0.4, 0.5) is 5.82 Å². The molecule has 7 nitrogen and oxygen atoms in total. The van der Waals surface area contributed by atoms with E-state index >= 15 is 0 Å². The van der Waals surface area contributed by atoms with Crippen LogP contribution in [0.15, 0.2) is 78.1 Å². The highest BCUT2D eigenvalue weighted by Gasteiger charge is 2.30. The van der Waals surface area contributed by atoms with Crippen LogP contribution in [0.1, 0.15) is 40.7 Å². The van der Waals surface area contributed by atoms with E-state index in [-0.39, 0.29) is 23.9 Å². The van der Waals surface area contributed by atoms with Gasteiger partial charge in [-0.2, -0.15) is 0 Å². The number of amides is 1. The zero-order valence-corrected chi connectivity index (χ0v) is 19.9. The topological polar surface area (TPSA) is 116 Å². The summed E-state index contributed by atoms with van der Waals surface area (Å²) in [5.41, 5.74) is 16.8. The van der Waals surface area contributed by atoms with E-state index in [0.717, 1.165) is 36.0 Å². The van der Waals surface area contributed by atoms with Crippen molar-refractivity contribution in [2.75, 3.05) is 12.8 Å². The van der Waals surface area contributed by atoms with E-state index in [9.17, 15) is 4.79 Å². The molecule has 0 saturated heterocycles. The van der Waals surface area contributed by atoms with Gasteiger partial charge in [-0.3, -0.25) is 9.79 Å². The molecule has 5 N–H and O–H groups in total. The number of ether oxygens (including phenoxy) is 1. The van der Waals surface area contributed by atoms with E-state index in [4.69, 9.17) is 16.2 Å². The summed E-state index contributed by atoms with van der Waals surface area (Å²) < 4.78 is 6.34. The van der Waals surface area contributed by atoms with Gasteiger partial charge in [0.15, 0.2) is 0 Å². The van der Waals surface area contributed by atoms with Crippen LogP contribution in [0.2, 0.25) is 0 Å². The van der Waals surface area contributed by atoms with Crippen molar-refractivity contribution in [3.8, 4) is 11.1 Å². The number of hydrogen-bond acceptors (Lipinski definition) is 6. The summed E-state index contributed by atoms with van der Waals surface area (Å²) in [6, 6.07) is 20.1. The monoisotopic (exact) mass is 469 g/mol. The Labute approximate surface area is 205 Å². The Hall–Kier alpha value is -3.97. The molecule has 180 valence electrons. The van der Waals surface area contributed by atoms with E-state index in [2.05, 4.69) is 39.6 Å². The van der Waals surface area contributed by atoms with Gasteiger partial charge in [-0.15, -0.1) is 0 Å². The van der Waals surface area contributed by atoms with Gasteiger partial charge < -0.3 is 21.5 Å². The smallest absolute Gasteiger partial charge is 0.255 e. The third-order valence-electron chi connectivity index (χ3n) is 6.27. The fourth-order valence-corrected chi connectivity index (χ4v) is 4.45. The van der Waals surface area contributed by atoms with Crippen LogP contribution in [0.5, 0.6) is 0 Å². The molecule has 0 aliphatic heterocycles. The lowest BCUT2D eigenvalue weighted by atomic mass is 10.0. The van der Waals surface area contributed by atoms with Crippen LogP contribution in [0.25, 0.3) is 16.7 Å². The number of nitrogen functional groups attached to an aromatic ring is 1. The Morgan fingerprint density at radius 1 is 1.17 bits per heavy atom. The second-order valence-electron chi connectivity index (χ2n) is 8.55. The number of nitrogens with one attached hydrogen (secondary N) is 1. The van der Waals surface area contributed by atoms with Crippen molar-refractivity contribution in [3.63, 3.8) is 0 Å². The van der Waals surface area contributed by atoms with Crippen molar-refractivity contribution in [2.45, 2.75) is 38.0 Å². The second kappa shape index (κ2) is 11.4. The molecule has 1 fully saturated rings. The number of aliphatic imine (C=N–C) groups is 1. The number of hydrogen-bond donors (Lipinski definition) is 3. The standard InChI is InChI=1S/C28H31N5O2/c1-31-16-22(15-29)21-14-24(27(30)32-17-21)28(34)33-25-12-7-13-26(25)35-18-20-10-5-6-11-23(20)19-8-3-2-4-9-19/h2-6,8-11,14-17,25-26H,7,12-13,18,29H2,1H3,(H2,30,32)(H,33,34)/b22-15+,31-16?/t25-,26-/m0/s1. The van der Waals surface area contributed by atoms with E-state index in [0.29, 0.717) is 23.3 Å². The van der Waals surface area contributed by atoms with Gasteiger partial charge in [0.2, 0.25) is 0 Å². The summed E-state index contributed by atoms with van der Waals surface area (Å²) >= 11 is 0. The number of carbonyl (C=O) groups is 1. The fraction of sp³-hybridized carbons (Fsp3) is 0.250. The van der Waals surface area contributed by atoms with Crippen LogP contribution in [-0.4, -0.2) is 36.3 Å². The van der Waals surface area contributed by atoms with E-state index in [1.54, 1.807) is 25.5 Å². The van der Waals surface area contributed by atoms with Crippen molar-refractivity contribution >= 4 is 23.5 Å². The van der Waals surface area contributed by atoms with E-state index in [1.165, 1.54) is 6.20 Å². The molecule has 0 bridgehead atoms. The number of anilines is 1. The number of rotatable bonds is 8. The number of aromatic nitrogens is 1. The van der Waals surface area contributed by atoms with Gasteiger partial charge >= 0.3 is 0 Å². The summed E-state index contributed by atoms with van der Waals surface area (Å²) in [6.07, 6.45) is 7.26. The predicted molar refractivity (Wildman–Crippen MR) is 141 cm³/mol. The molecule has 1 aromatic heterocycles. The molecule has 0 radical (unpaired) electrons. The highest BCUT2D eigenvalue weighted by molar-refractivity contribution is 6.10. The van der Waals surface area contributed by atoms with Crippen LogP contribution in [-0.2, 0) is 11.3 Å². The molecular formula is C28H31N5O2. The van der Waals surface area contributed by atoms with Gasteiger partial charge in [0.1, 0.15) is 5.82 Å². The van der Waals surface area contributed by atoms with Crippen LogP contribution >= 0.6 is 0 Å². The first-order valence-corrected chi connectivity index (χ1v) is 11.8. The molecule has 7 heteroatoms.